The molecule has 0 aliphatic heterocycles. The first-order valence-corrected chi connectivity index (χ1v) is 3.56. The van der Waals surface area contributed by atoms with Crippen LogP contribution in [-0.4, -0.2) is 22.2 Å². The van der Waals surface area contributed by atoms with E-state index in [1.807, 2.05) is 0 Å². The van der Waals surface area contributed by atoms with Crippen molar-refractivity contribution < 1.29 is 19.8 Å². The van der Waals surface area contributed by atoms with Crippen LogP contribution in [0.5, 0.6) is 0 Å². The molecule has 1 aliphatic rings. The lowest BCUT2D eigenvalue weighted by molar-refractivity contribution is -0.160. The third-order valence-electron chi connectivity index (χ3n) is 1.89. The minimum atomic E-state index is -1.85. The van der Waals surface area contributed by atoms with Gasteiger partial charge in [-0.3, -0.25) is 0 Å². The standard InChI is InChI=1S/C8H8O4/c9-6(10)8(7(11)12)4-2-1-3-5-8/h1-2,4H2,(H,9,10)(H,11,12). The molecule has 0 aromatic heterocycles. The number of rotatable bonds is 2. The second-order valence-corrected chi connectivity index (χ2v) is 2.67. The van der Waals surface area contributed by atoms with E-state index in [0.29, 0.717) is 12.8 Å². The highest BCUT2D eigenvalue weighted by Gasteiger charge is 2.45. The van der Waals surface area contributed by atoms with Crippen LogP contribution >= 0.6 is 0 Å². The van der Waals surface area contributed by atoms with Crippen molar-refractivity contribution in [2.24, 2.45) is 5.41 Å². The third kappa shape index (κ3) is 1.14. The van der Waals surface area contributed by atoms with E-state index < -0.39 is 17.4 Å². The summed E-state index contributed by atoms with van der Waals surface area (Å²) in [6.45, 7) is 0. The molecule has 4 nitrogen and oxygen atoms in total. The van der Waals surface area contributed by atoms with E-state index in [4.69, 9.17) is 10.2 Å². The topological polar surface area (TPSA) is 74.6 Å². The molecule has 64 valence electrons. The van der Waals surface area contributed by atoms with Crippen LogP contribution in [0.1, 0.15) is 19.3 Å². The van der Waals surface area contributed by atoms with Crippen LogP contribution in [0.4, 0.5) is 0 Å². The Morgan fingerprint density at radius 1 is 1.25 bits per heavy atom. The second-order valence-electron chi connectivity index (χ2n) is 2.67. The molecular weight excluding hydrogens is 160 g/mol. The molecule has 0 atom stereocenters. The summed E-state index contributed by atoms with van der Waals surface area (Å²) < 4.78 is 0. The van der Waals surface area contributed by atoms with Crippen molar-refractivity contribution in [1.29, 1.82) is 0 Å². The largest absolute Gasteiger partial charge is 0.480 e. The van der Waals surface area contributed by atoms with Crippen molar-refractivity contribution >= 4 is 11.9 Å². The zero-order valence-electron chi connectivity index (χ0n) is 6.33. The van der Waals surface area contributed by atoms with Gasteiger partial charge in [0, 0.05) is 6.42 Å². The van der Waals surface area contributed by atoms with E-state index in [2.05, 4.69) is 11.8 Å². The molecule has 1 aliphatic carbocycles. The maximum absolute atomic E-state index is 10.6. The third-order valence-corrected chi connectivity index (χ3v) is 1.89. The molecule has 0 aromatic rings. The van der Waals surface area contributed by atoms with E-state index >= 15 is 0 Å². The van der Waals surface area contributed by atoms with Crippen molar-refractivity contribution in [3.05, 3.63) is 0 Å². The number of carboxylic acids is 2. The van der Waals surface area contributed by atoms with Crippen LogP contribution < -0.4 is 0 Å². The van der Waals surface area contributed by atoms with Gasteiger partial charge in [0.1, 0.15) is 0 Å². The molecule has 1 rings (SSSR count). The van der Waals surface area contributed by atoms with Crippen molar-refractivity contribution in [3.8, 4) is 11.8 Å². The fourth-order valence-electron chi connectivity index (χ4n) is 1.13. The predicted octanol–water partition coefficient (Wildman–Crippen LogP) is 0.329. The van der Waals surface area contributed by atoms with Gasteiger partial charge < -0.3 is 10.2 Å². The van der Waals surface area contributed by atoms with Gasteiger partial charge in [-0.05, 0) is 12.8 Å². The highest BCUT2D eigenvalue weighted by Crippen LogP contribution is 2.27. The summed E-state index contributed by atoms with van der Waals surface area (Å²) in [6, 6.07) is 0. The lowest BCUT2D eigenvalue weighted by atomic mass is 9.81. The maximum Gasteiger partial charge on any atom is 0.333 e. The van der Waals surface area contributed by atoms with Crippen molar-refractivity contribution in [1.82, 2.24) is 0 Å². The maximum atomic E-state index is 10.6. The van der Waals surface area contributed by atoms with Gasteiger partial charge in [-0.1, -0.05) is 5.92 Å². The summed E-state index contributed by atoms with van der Waals surface area (Å²) in [5.41, 5.74) is -1.85. The molecule has 0 saturated heterocycles. The fraction of sp³-hybridized carbons (Fsp3) is 0.500. The van der Waals surface area contributed by atoms with Crippen LogP contribution in [-0.2, 0) is 9.59 Å². The Hall–Kier alpha value is -1.50. The number of carboxylic acid groups (broad SMARTS) is 2. The molecule has 0 saturated carbocycles. The molecule has 0 bridgehead atoms. The molecule has 0 unspecified atom stereocenters. The summed E-state index contributed by atoms with van der Waals surface area (Å²) in [6.07, 6.45) is 1.22. The van der Waals surface area contributed by atoms with Crippen molar-refractivity contribution in [3.63, 3.8) is 0 Å². The van der Waals surface area contributed by atoms with Gasteiger partial charge >= 0.3 is 11.9 Å². The summed E-state index contributed by atoms with van der Waals surface area (Å²) >= 11 is 0. The summed E-state index contributed by atoms with van der Waals surface area (Å²) in [5.74, 6) is 2.09. The van der Waals surface area contributed by atoms with E-state index in [9.17, 15) is 9.59 Å². The summed E-state index contributed by atoms with van der Waals surface area (Å²) in [4.78, 5) is 21.3. The van der Waals surface area contributed by atoms with E-state index in [1.54, 1.807) is 0 Å². The Balaban J connectivity index is 3.07. The molecule has 2 N–H and O–H groups in total. The van der Waals surface area contributed by atoms with Crippen molar-refractivity contribution in [2.45, 2.75) is 19.3 Å². The minimum Gasteiger partial charge on any atom is -0.480 e. The van der Waals surface area contributed by atoms with Gasteiger partial charge in [0.25, 0.3) is 0 Å². The van der Waals surface area contributed by atoms with Crippen LogP contribution in [0.15, 0.2) is 0 Å². The van der Waals surface area contributed by atoms with Crippen LogP contribution in [0.2, 0.25) is 0 Å². The van der Waals surface area contributed by atoms with E-state index in [0.717, 1.165) is 0 Å². The summed E-state index contributed by atoms with van der Waals surface area (Å²) in [7, 11) is 0. The number of hydrogen-bond donors (Lipinski definition) is 2. The number of aliphatic carboxylic acids is 2. The first-order valence-electron chi connectivity index (χ1n) is 3.56. The lowest BCUT2D eigenvalue weighted by Crippen LogP contribution is -2.39. The van der Waals surface area contributed by atoms with Gasteiger partial charge in [-0.2, -0.15) is 0 Å². The van der Waals surface area contributed by atoms with Gasteiger partial charge in [0.05, 0.1) is 0 Å². The van der Waals surface area contributed by atoms with E-state index in [1.165, 1.54) is 0 Å². The number of carbonyl (C=O) groups is 2. The second kappa shape index (κ2) is 2.86. The molecule has 0 amide bonds. The highest BCUT2D eigenvalue weighted by molar-refractivity contribution is 6.02. The molecule has 12 heavy (non-hydrogen) atoms. The van der Waals surface area contributed by atoms with Gasteiger partial charge in [0.2, 0.25) is 5.41 Å². The predicted molar refractivity (Wildman–Crippen MR) is 39.3 cm³/mol. The number of hydrogen-bond acceptors (Lipinski definition) is 2. The van der Waals surface area contributed by atoms with Gasteiger partial charge in [0.15, 0.2) is 0 Å². The molecule has 0 fully saturated rings. The smallest absolute Gasteiger partial charge is 0.333 e. The van der Waals surface area contributed by atoms with Crippen molar-refractivity contribution in [2.75, 3.05) is 0 Å². The first-order chi connectivity index (χ1) is 5.59. The minimum absolute atomic E-state index is 0.102. The average molecular weight is 168 g/mol. The molecule has 4 heteroatoms. The monoisotopic (exact) mass is 168 g/mol. The lowest BCUT2D eigenvalue weighted by Gasteiger charge is -2.20. The SMILES string of the molecule is O=C(O)C1(C(=O)O)C#CCCC1. The quantitative estimate of drug-likeness (QED) is 0.460. The molecule has 0 radical (unpaired) electrons. The average Bonchev–Trinajstić information content (AvgIpc) is 2.05. The van der Waals surface area contributed by atoms with Crippen LogP contribution in [0.25, 0.3) is 0 Å². The van der Waals surface area contributed by atoms with E-state index in [-0.39, 0.29) is 6.42 Å². The Bertz CT molecular complexity index is 267. The Labute approximate surface area is 69.2 Å². The molecule has 0 heterocycles. The molecule has 0 spiro atoms. The zero-order chi connectivity index (χ0) is 9.19. The van der Waals surface area contributed by atoms with Gasteiger partial charge in [-0.25, -0.2) is 9.59 Å². The fourth-order valence-corrected chi connectivity index (χ4v) is 1.13. The Morgan fingerprint density at radius 3 is 2.08 bits per heavy atom. The first kappa shape index (κ1) is 8.60. The molecule has 0 aromatic carbocycles. The van der Waals surface area contributed by atoms with Crippen LogP contribution in [0.3, 0.4) is 0 Å². The van der Waals surface area contributed by atoms with Gasteiger partial charge in [-0.15, -0.1) is 5.92 Å². The normalized spacial score (nSPS) is 19.0. The molecular formula is C8H8O4. The zero-order valence-corrected chi connectivity index (χ0v) is 6.33. The Morgan fingerprint density at radius 2 is 1.83 bits per heavy atom. The highest BCUT2D eigenvalue weighted by atomic mass is 16.4. The van der Waals surface area contributed by atoms with Crippen LogP contribution in [0, 0.1) is 17.3 Å². The summed E-state index contributed by atoms with van der Waals surface area (Å²) in [5, 5.41) is 17.4. The Kier molecular flexibility index (Phi) is 2.05.